The molecule has 0 spiro atoms. The van der Waals surface area contributed by atoms with Crippen molar-refractivity contribution < 1.29 is 4.79 Å². The molecule has 0 radical (unpaired) electrons. The molecule has 0 bridgehead atoms. The van der Waals surface area contributed by atoms with Crippen LogP contribution >= 0.6 is 11.3 Å². The van der Waals surface area contributed by atoms with Crippen LogP contribution in [0.3, 0.4) is 0 Å². The quantitative estimate of drug-likeness (QED) is 0.585. The predicted molar refractivity (Wildman–Crippen MR) is 103 cm³/mol. The van der Waals surface area contributed by atoms with Gasteiger partial charge in [0.15, 0.2) is 0 Å². The normalized spacial score (nSPS) is 10.8. The van der Waals surface area contributed by atoms with E-state index in [1.807, 2.05) is 53.9 Å². The van der Waals surface area contributed by atoms with Crippen LogP contribution in [0.4, 0.5) is 0 Å². The molecule has 3 rings (SSSR count). The third-order valence-electron chi connectivity index (χ3n) is 4.03. The second-order valence-corrected chi connectivity index (χ2v) is 6.90. The van der Waals surface area contributed by atoms with Crippen LogP contribution in [0, 0.1) is 0 Å². The molecule has 0 atom stereocenters. The first-order valence-corrected chi connectivity index (χ1v) is 9.65. The molecule has 5 heteroatoms. The second kappa shape index (κ2) is 8.62. The van der Waals surface area contributed by atoms with E-state index in [1.165, 1.54) is 12.8 Å². The van der Waals surface area contributed by atoms with Crippen LogP contribution < -0.4 is 5.32 Å². The summed E-state index contributed by atoms with van der Waals surface area (Å²) in [6.45, 7) is 2.89. The van der Waals surface area contributed by atoms with Crippen LogP contribution in [-0.2, 0) is 0 Å². The lowest BCUT2D eigenvalue weighted by molar-refractivity contribution is 0.0945. The molecule has 1 amide bonds. The molecular weight excluding hydrogens is 330 g/mol. The average Bonchev–Trinajstić information content (AvgIpc) is 3.31. The second-order valence-electron chi connectivity index (χ2n) is 5.96. The van der Waals surface area contributed by atoms with Gasteiger partial charge in [0.05, 0.1) is 10.6 Å². The lowest BCUT2D eigenvalue weighted by atomic mass is 10.2. The van der Waals surface area contributed by atoms with E-state index in [0.717, 1.165) is 29.1 Å². The number of benzene rings is 1. The molecule has 0 aliphatic carbocycles. The van der Waals surface area contributed by atoms with Crippen molar-refractivity contribution in [3.63, 3.8) is 0 Å². The van der Waals surface area contributed by atoms with Crippen molar-refractivity contribution >= 4 is 17.2 Å². The van der Waals surface area contributed by atoms with E-state index in [1.54, 1.807) is 16.0 Å². The summed E-state index contributed by atoms with van der Waals surface area (Å²) in [5.74, 6) is -0.0735. The molecule has 2 aromatic heterocycles. The lowest BCUT2D eigenvalue weighted by Crippen LogP contribution is -2.26. The van der Waals surface area contributed by atoms with E-state index in [9.17, 15) is 4.79 Å². The van der Waals surface area contributed by atoms with Gasteiger partial charge in [-0.25, -0.2) is 4.68 Å². The summed E-state index contributed by atoms with van der Waals surface area (Å²) in [6, 6.07) is 15.7. The van der Waals surface area contributed by atoms with Crippen LogP contribution in [0.5, 0.6) is 0 Å². The van der Waals surface area contributed by atoms with E-state index in [-0.39, 0.29) is 5.91 Å². The van der Waals surface area contributed by atoms with Crippen LogP contribution in [0.2, 0.25) is 0 Å². The Hall–Kier alpha value is -2.40. The Bertz CT molecular complexity index is 794. The molecule has 1 aromatic carbocycles. The highest BCUT2D eigenvalue weighted by Crippen LogP contribution is 2.25. The average molecular weight is 353 g/mol. The van der Waals surface area contributed by atoms with Crippen molar-refractivity contribution in [3.8, 4) is 16.3 Å². The zero-order valence-corrected chi connectivity index (χ0v) is 15.3. The summed E-state index contributed by atoms with van der Waals surface area (Å²) in [5, 5.41) is 9.72. The Morgan fingerprint density at radius 2 is 1.96 bits per heavy atom. The fraction of sp³-hybridized carbons (Fsp3) is 0.300. The van der Waals surface area contributed by atoms with E-state index < -0.39 is 0 Å². The summed E-state index contributed by atoms with van der Waals surface area (Å²) < 4.78 is 1.73. The molecule has 3 aromatic rings. The van der Waals surface area contributed by atoms with Gasteiger partial charge < -0.3 is 5.32 Å². The predicted octanol–water partition coefficient (Wildman–Crippen LogP) is 4.91. The maximum Gasteiger partial charge on any atom is 0.270 e. The molecular formula is C20H23N3OS. The number of para-hydroxylation sites is 1. The highest BCUT2D eigenvalue weighted by Gasteiger charge is 2.17. The van der Waals surface area contributed by atoms with Crippen LogP contribution in [-0.4, -0.2) is 22.2 Å². The molecule has 0 unspecified atom stereocenters. The molecule has 0 aliphatic rings. The smallest absolute Gasteiger partial charge is 0.270 e. The molecule has 130 valence electrons. The number of thiophene rings is 1. The Morgan fingerprint density at radius 3 is 2.68 bits per heavy atom. The first-order valence-electron chi connectivity index (χ1n) is 8.77. The van der Waals surface area contributed by atoms with Gasteiger partial charge in [0.1, 0.15) is 11.4 Å². The fourth-order valence-electron chi connectivity index (χ4n) is 2.70. The molecule has 2 heterocycles. The number of carbonyl (C=O) groups is 1. The number of hydrogen-bond donors (Lipinski definition) is 1. The molecule has 0 saturated carbocycles. The summed E-state index contributed by atoms with van der Waals surface area (Å²) in [6.07, 6.45) is 4.56. The van der Waals surface area contributed by atoms with Gasteiger partial charge in [0.2, 0.25) is 0 Å². The van der Waals surface area contributed by atoms with Crippen LogP contribution in [0.25, 0.3) is 16.3 Å². The molecule has 0 fully saturated rings. The van der Waals surface area contributed by atoms with Crippen LogP contribution in [0.1, 0.15) is 43.1 Å². The number of rotatable bonds is 8. The molecule has 25 heavy (non-hydrogen) atoms. The Morgan fingerprint density at radius 1 is 1.12 bits per heavy atom. The molecule has 0 saturated heterocycles. The molecule has 4 nitrogen and oxygen atoms in total. The third-order valence-corrected chi connectivity index (χ3v) is 4.92. The largest absolute Gasteiger partial charge is 0.351 e. The van der Waals surface area contributed by atoms with E-state index in [0.29, 0.717) is 12.2 Å². The van der Waals surface area contributed by atoms with Crippen LogP contribution in [0.15, 0.2) is 53.9 Å². The number of unbranched alkanes of at least 4 members (excludes halogenated alkanes) is 3. The zero-order valence-electron chi connectivity index (χ0n) is 14.4. The number of amides is 1. The first-order chi connectivity index (χ1) is 12.3. The highest BCUT2D eigenvalue weighted by atomic mass is 32.1. The summed E-state index contributed by atoms with van der Waals surface area (Å²) >= 11 is 1.62. The SMILES string of the molecule is CCCCCCNC(=O)c1cc(-c2cccs2)nn1-c1ccccc1. The van der Waals surface area contributed by atoms with Gasteiger partial charge in [-0.15, -0.1) is 11.3 Å². The van der Waals surface area contributed by atoms with Gasteiger partial charge in [-0.1, -0.05) is 50.5 Å². The Balaban J connectivity index is 1.82. The summed E-state index contributed by atoms with van der Waals surface area (Å²) in [7, 11) is 0. The van der Waals surface area contributed by atoms with Gasteiger partial charge in [0, 0.05) is 6.54 Å². The van der Waals surface area contributed by atoms with Gasteiger partial charge in [-0.3, -0.25) is 4.79 Å². The van der Waals surface area contributed by atoms with E-state index >= 15 is 0 Å². The maximum absolute atomic E-state index is 12.7. The number of nitrogens with one attached hydrogen (secondary N) is 1. The minimum atomic E-state index is -0.0735. The lowest BCUT2D eigenvalue weighted by Gasteiger charge is -2.08. The number of hydrogen-bond acceptors (Lipinski definition) is 3. The topological polar surface area (TPSA) is 46.9 Å². The minimum Gasteiger partial charge on any atom is -0.351 e. The van der Waals surface area contributed by atoms with Crippen molar-refractivity contribution in [2.75, 3.05) is 6.54 Å². The number of carbonyl (C=O) groups excluding carboxylic acids is 1. The van der Waals surface area contributed by atoms with Crippen molar-refractivity contribution in [2.24, 2.45) is 0 Å². The number of nitrogens with zero attached hydrogens (tertiary/aromatic N) is 2. The number of aromatic nitrogens is 2. The fourth-order valence-corrected chi connectivity index (χ4v) is 3.38. The monoisotopic (exact) mass is 353 g/mol. The van der Waals surface area contributed by atoms with E-state index in [2.05, 4.69) is 17.3 Å². The molecule has 0 aliphatic heterocycles. The molecule has 1 N–H and O–H groups in total. The Labute approximate surface area is 152 Å². The van der Waals surface area contributed by atoms with Crippen molar-refractivity contribution in [1.29, 1.82) is 0 Å². The van der Waals surface area contributed by atoms with Gasteiger partial charge in [-0.2, -0.15) is 5.10 Å². The minimum absolute atomic E-state index is 0.0735. The van der Waals surface area contributed by atoms with Crippen molar-refractivity contribution in [2.45, 2.75) is 32.6 Å². The van der Waals surface area contributed by atoms with Gasteiger partial charge in [0.25, 0.3) is 5.91 Å². The van der Waals surface area contributed by atoms with Gasteiger partial charge >= 0.3 is 0 Å². The standard InChI is InChI=1S/C20H23N3OS/c1-2-3-4-8-13-21-20(24)18-15-17(19-12-9-14-25-19)22-23(18)16-10-6-5-7-11-16/h5-7,9-12,14-15H,2-4,8,13H2,1H3,(H,21,24). The van der Waals surface area contributed by atoms with Gasteiger partial charge in [-0.05, 0) is 36.1 Å². The van der Waals surface area contributed by atoms with Crippen molar-refractivity contribution in [1.82, 2.24) is 15.1 Å². The summed E-state index contributed by atoms with van der Waals surface area (Å²) in [4.78, 5) is 13.7. The third kappa shape index (κ3) is 4.37. The summed E-state index contributed by atoms with van der Waals surface area (Å²) in [5.41, 5.74) is 2.29. The Kier molecular flexibility index (Phi) is 6.01. The zero-order chi connectivity index (χ0) is 17.5. The highest BCUT2D eigenvalue weighted by molar-refractivity contribution is 7.13. The maximum atomic E-state index is 12.7. The first kappa shape index (κ1) is 17.4. The van der Waals surface area contributed by atoms with E-state index in [4.69, 9.17) is 0 Å². The van der Waals surface area contributed by atoms with Crippen molar-refractivity contribution in [3.05, 3.63) is 59.6 Å².